The predicted octanol–water partition coefficient (Wildman–Crippen LogP) is 2.13. The molecule has 1 aliphatic heterocycles. The first-order chi connectivity index (χ1) is 9.27. The van der Waals surface area contributed by atoms with Gasteiger partial charge in [0.1, 0.15) is 5.56 Å². The van der Waals surface area contributed by atoms with Crippen LogP contribution in [0.4, 0.5) is 5.69 Å². The van der Waals surface area contributed by atoms with Crippen LogP contribution in [0.2, 0.25) is 0 Å². The quantitative estimate of drug-likeness (QED) is 0.865. The first-order valence-corrected chi connectivity index (χ1v) is 6.97. The van der Waals surface area contributed by atoms with Crippen molar-refractivity contribution in [3.8, 4) is 0 Å². The zero-order valence-corrected chi connectivity index (χ0v) is 10.9. The lowest BCUT2D eigenvalue weighted by Gasteiger charge is -2.28. The van der Waals surface area contributed by atoms with E-state index in [9.17, 15) is 9.59 Å². The van der Waals surface area contributed by atoms with E-state index in [1.165, 1.54) is 18.5 Å². The van der Waals surface area contributed by atoms with Gasteiger partial charge in [0, 0.05) is 35.7 Å². The normalized spacial score (nSPS) is 14.0. The van der Waals surface area contributed by atoms with Crippen molar-refractivity contribution in [2.75, 3.05) is 17.2 Å². The number of carbonyl (C=O) groups excluding carboxylic acids is 1. The first-order valence-electron chi connectivity index (χ1n) is 5.98. The maximum atomic E-state index is 12.5. The van der Waals surface area contributed by atoms with E-state index in [0.29, 0.717) is 6.54 Å². The molecule has 1 aliphatic rings. The number of thioether (sulfide) groups is 1. The Balaban J connectivity index is 2.03. The number of hydrogen-bond acceptors (Lipinski definition) is 3. The van der Waals surface area contributed by atoms with Crippen LogP contribution in [-0.2, 0) is 0 Å². The molecule has 0 atom stereocenters. The SMILES string of the molecule is O=C(c1c[nH]ccc1=O)N1CCSc2ccccc21. The average Bonchev–Trinajstić information content (AvgIpc) is 2.46. The number of pyridine rings is 1. The number of hydrogen-bond donors (Lipinski definition) is 1. The molecular weight excluding hydrogens is 260 g/mol. The molecule has 4 nitrogen and oxygen atoms in total. The summed E-state index contributed by atoms with van der Waals surface area (Å²) >= 11 is 1.73. The third kappa shape index (κ3) is 2.17. The van der Waals surface area contributed by atoms with Gasteiger partial charge in [-0.3, -0.25) is 9.59 Å². The van der Waals surface area contributed by atoms with Gasteiger partial charge in [0.05, 0.1) is 5.69 Å². The number of fused-ring (bicyclic) bond motifs is 1. The fraction of sp³-hybridized carbons (Fsp3) is 0.143. The molecule has 2 aromatic rings. The molecular formula is C14H12N2O2S. The van der Waals surface area contributed by atoms with Crippen molar-refractivity contribution in [1.29, 1.82) is 0 Å². The van der Waals surface area contributed by atoms with E-state index >= 15 is 0 Å². The summed E-state index contributed by atoms with van der Waals surface area (Å²) in [7, 11) is 0. The summed E-state index contributed by atoms with van der Waals surface area (Å²) < 4.78 is 0. The minimum Gasteiger partial charge on any atom is -0.367 e. The highest BCUT2D eigenvalue weighted by Crippen LogP contribution is 2.34. The van der Waals surface area contributed by atoms with E-state index in [1.54, 1.807) is 16.7 Å². The lowest BCUT2D eigenvalue weighted by Crippen LogP contribution is -2.37. The molecule has 96 valence electrons. The Morgan fingerprint density at radius 2 is 2.11 bits per heavy atom. The number of rotatable bonds is 1. The van der Waals surface area contributed by atoms with Crippen LogP contribution in [0.25, 0.3) is 0 Å². The van der Waals surface area contributed by atoms with Gasteiger partial charge < -0.3 is 9.88 Å². The first kappa shape index (κ1) is 12.0. The van der Waals surface area contributed by atoms with Gasteiger partial charge in [-0.2, -0.15) is 0 Å². The minimum atomic E-state index is -0.251. The Kier molecular flexibility index (Phi) is 3.13. The van der Waals surface area contributed by atoms with Crippen molar-refractivity contribution in [3.05, 3.63) is 58.5 Å². The molecule has 3 rings (SSSR count). The molecule has 0 aliphatic carbocycles. The van der Waals surface area contributed by atoms with Gasteiger partial charge >= 0.3 is 0 Å². The van der Waals surface area contributed by atoms with Crippen LogP contribution in [0, 0.1) is 0 Å². The molecule has 0 fully saturated rings. The van der Waals surface area contributed by atoms with E-state index in [1.807, 2.05) is 24.3 Å². The Labute approximate surface area is 114 Å². The lowest BCUT2D eigenvalue weighted by atomic mass is 10.2. The molecule has 0 saturated carbocycles. The second-order valence-electron chi connectivity index (χ2n) is 4.20. The number of nitrogens with zero attached hydrogens (tertiary/aromatic N) is 1. The summed E-state index contributed by atoms with van der Waals surface area (Å²) in [4.78, 5) is 29.8. The van der Waals surface area contributed by atoms with E-state index < -0.39 is 0 Å². The van der Waals surface area contributed by atoms with Gasteiger partial charge in [-0.1, -0.05) is 12.1 Å². The summed E-state index contributed by atoms with van der Waals surface area (Å²) in [6.07, 6.45) is 2.99. The Morgan fingerprint density at radius 1 is 1.26 bits per heavy atom. The molecule has 0 bridgehead atoms. The van der Waals surface area contributed by atoms with E-state index in [2.05, 4.69) is 4.98 Å². The number of anilines is 1. The van der Waals surface area contributed by atoms with Crippen molar-refractivity contribution >= 4 is 23.4 Å². The number of H-pyrrole nitrogens is 1. The standard InChI is InChI=1S/C14H12N2O2S/c17-12-5-6-15-9-10(12)14(18)16-7-8-19-13-4-2-1-3-11(13)16/h1-6,9H,7-8H2,(H,15,17). The number of para-hydroxylation sites is 1. The van der Waals surface area contributed by atoms with Crippen molar-refractivity contribution in [2.45, 2.75) is 4.90 Å². The molecule has 1 aromatic carbocycles. The Hall–Kier alpha value is -2.01. The fourth-order valence-electron chi connectivity index (χ4n) is 2.11. The van der Waals surface area contributed by atoms with Gasteiger partial charge in [0.15, 0.2) is 5.43 Å². The number of benzene rings is 1. The fourth-order valence-corrected chi connectivity index (χ4v) is 3.10. The van der Waals surface area contributed by atoms with Crippen LogP contribution >= 0.6 is 11.8 Å². The van der Waals surface area contributed by atoms with Crippen molar-refractivity contribution in [1.82, 2.24) is 4.98 Å². The topological polar surface area (TPSA) is 53.2 Å². The number of nitrogens with one attached hydrogen (secondary N) is 1. The largest absolute Gasteiger partial charge is 0.367 e. The average molecular weight is 272 g/mol. The molecule has 19 heavy (non-hydrogen) atoms. The molecule has 0 unspecified atom stereocenters. The zero-order chi connectivity index (χ0) is 13.2. The van der Waals surface area contributed by atoms with Crippen molar-refractivity contribution < 1.29 is 4.79 Å². The molecule has 0 spiro atoms. The molecule has 2 heterocycles. The minimum absolute atomic E-state index is 0.184. The third-order valence-corrected chi connectivity index (χ3v) is 4.07. The molecule has 5 heteroatoms. The number of amides is 1. The summed E-state index contributed by atoms with van der Waals surface area (Å²) in [5.41, 5.74) is 0.815. The lowest BCUT2D eigenvalue weighted by molar-refractivity contribution is 0.0986. The molecule has 0 saturated heterocycles. The highest BCUT2D eigenvalue weighted by Gasteiger charge is 2.24. The number of aromatic nitrogens is 1. The summed E-state index contributed by atoms with van der Waals surface area (Å²) in [6, 6.07) is 9.14. The number of aromatic amines is 1. The maximum Gasteiger partial charge on any atom is 0.263 e. The zero-order valence-electron chi connectivity index (χ0n) is 10.1. The van der Waals surface area contributed by atoms with Gasteiger partial charge in [-0.05, 0) is 12.1 Å². The van der Waals surface area contributed by atoms with Gasteiger partial charge in [0.25, 0.3) is 5.91 Å². The molecule has 1 amide bonds. The maximum absolute atomic E-state index is 12.5. The van der Waals surface area contributed by atoms with Crippen molar-refractivity contribution in [2.24, 2.45) is 0 Å². The number of carbonyl (C=O) groups is 1. The van der Waals surface area contributed by atoms with Crippen LogP contribution in [0.3, 0.4) is 0 Å². The van der Waals surface area contributed by atoms with Gasteiger partial charge in [-0.25, -0.2) is 0 Å². The molecule has 0 radical (unpaired) electrons. The molecule has 1 aromatic heterocycles. The van der Waals surface area contributed by atoms with E-state index in [0.717, 1.165) is 16.3 Å². The molecule has 1 N–H and O–H groups in total. The second kappa shape index (κ2) is 4.93. The van der Waals surface area contributed by atoms with Crippen LogP contribution < -0.4 is 10.3 Å². The van der Waals surface area contributed by atoms with Crippen LogP contribution in [-0.4, -0.2) is 23.2 Å². The Bertz CT molecular complexity index is 681. The monoisotopic (exact) mass is 272 g/mol. The smallest absolute Gasteiger partial charge is 0.263 e. The van der Waals surface area contributed by atoms with Gasteiger partial charge in [-0.15, -0.1) is 11.8 Å². The summed E-state index contributed by atoms with van der Waals surface area (Å²) in [6.45, 7) is 0.620. The van der Waals surface area contributed by atoms with Crippen LogP contribution in [0.1, 0.15) is 10.4 Å². The second-order valence-corrected chi connectivity index (χ2v) is 5.33. The highest BCUT2D eigenvalue weighted by atomic mass is 32.2. The third-order valence-electron chi connectivity index (χ3n) is 3.03. The van der Waals surface area contributed by atoms with E-state index in [-0.39, 0.29) is 16.9 Å². The highest BCUT2D eigenvalue weighted by molar-refractivity contribution is 7.99. The van der Waals surface area contributed by atoms with E-state index in [4.69, 9.17) is 0 Å². The summed E-state index contributed by atoms with van der Waals surface area (Å²) in [5, 5.41) is 0. The van der Waals surface area contributed by atoms with Gasteiger partial charge in [0.2, 0.25) is 0 Å². The summed E-state index contributed by atoms with van der Waals surface area (Å²) in [5.74, 6) is 0.600. The predicted molar refractivity (Wildman–Crippen MR) is 75.9 cm³/mol. The Morgan fingerprint density at radius 3 is 2.95 bits per heavy atom. The van der Waals surface area contributed by atoms with Crippen LogP contribution in [0.15, 0.2) is 52.4 Å². The van der Waals surface area contributed by atoms with Crippen LogP contribution in [0.5, 0.6) is 0 Å². The van der Waals surface area contributed by atoms with Crippen molar-refractivity contribution in [3.63, 3.8) is 0 Å².